The maximum absolute atomic E-state index is 11.7. The summed E-state index contributed by atoms with van der Waals surface area (Å²) in [5.41, 5.74) is -0.982. The molecule has 0 aliphatic heterocycles. The maximum atomic E-state index is 11.7. The number of carbonyl (C=O) groups excluding carboxylic acids is 1. The van der Waals surface area contributed by atoms with Crippen LogP contribution in [0, 0.1) is 10.1 Å². The first-order chi connectivity index (χ1) is 11.0. The highest BCUT2D eigenvalue weighted by atomic mass is 35.5. The van der Waals surface area contributed by atoms with Crippen LogP contribution in [0.15, 0.2) is 24.3 Å². The number of nitro benzene ring substituents is 1. The Kier molecular flexibility index (Phi) is 3.82. The van der Waals surface area contributed by atoms with Crippen LogP contribution in [0.3, 0.4) is 0 Å². The van der Waals surface area contributed by atoms with Crippen LogP contribution in [-0.2, 0) is 4.79 Å². The number of hydrogen-bond acceptors (Lipinski definition) is 5. The van der Waals surface area contributed by atoms with Gasteiger partial charge in [0.15, 0.2) is 4.81 Å². The van der Waals surface area contributed by atoms with Gasteiger partial charge in [-0.25, -0.2) is 0 Å². The minimum atomic E-state index is -3.71. The van der Waals surface area contributed by atoms with E-state index in [9.17, 15) is 25.1 Å². The molecule has 0 aliphatic rings. The second-order valence-corrected chi connectivity index (χ2v) is 4.30. The zero-order chi connectivity index (χ0) is 19.8. The largest absolute Gasteiger partial charge is 0.394 e. The number of rotatable bonds is 6. The fourth-order valence-corrected chi connectivity index (χ4v) is 1.28. The van der Waals surface area contributed by atoms with Gasteiger partial charge < -0.3 is 15.5 Å². The molecule has 3 N–H and O–H groups in total. The summed E-state index contributed by atoms with van der Waals surface area (Å²) >= 11 is 10.4. The van der Waals surface area contributed by atoms with E-state index in [0.29, 0.717) is 0 Å². The number of non-ortho nitro benzene ring substituents is 1. The Morgan fingerprint density at radius 1 is 1.50 bits per heavy atom. The van der Waals surface area contributed by atoms with Crippen molar-refractivity contribution in [2.24, 2.45) is 0 Å². The molecule has 1 amide bonds. The lowest BCUT2D eigenvalue weighted by molar-refractivity contribution is -0.384. The van der Waals surface area contributed by atoms with Gasteiger partial charge in [-0.15, -0.1) is 0 Å². The summed E-state index contributed by atoms with van der Waals surface area (Å²) in [6.07, 6.45) is -3.35. The van der Waals surface area contributed by atoms with Gasteiger partial charge >= 0.3 is 0 Å². The van der Waals surface area contributed by atoms with Gasteiger partial charge in [-0.2, -0.15) is 0 Å². The van der Waals surface area contributed by atoms with Crippen molar-refractivity contribution in [3.05, 3.63) is 39.9 Å². The van der Waals surface area contributed by atoms with E-state index in [4.69, 9.17) is 30.1 Å². The number of hydrogen-bond donors (Lipinski definition) is 3. The monoisotopic (exact) mass is 327 g/mol. The number of amides is 1. The highest BCUT2D eigenvalue weighted by molar-refractivity contribution is 6.53. The summed E-state index contributed by atoms with van der Waals surface area (Å²) in [5.74, 6) is -1.68. The lowest BCUT2D eigenvalue weighted by Gasteiger charge is -2.22. The number of carbonyl (C=O) groups is 1. The quantitative estimate of drug-likeness (QED) is 0.408. The van der Waals surface area contributed by atoms with Crippen LogP contribution in [0.2, 0.25) is 0 Å². The predicted octanol–water partition coefficient (Wildman–Crippen LogP) is 0.909. The number of alkyl halides is 2. The third-order valence-corrected chi connectivity index (χ3v) is 2.45. The standard InChI is InChI=1S/C11H12Cl2N2O5/c12-10(13)11(18)14-8(5-16)9(17)6-1-3-7(4-2-6)15(19)20/h1-4,8-10,16-17H,5H2,(H,14,18)/t8-,9-/m1/s1/i5D2,8D,9D,10D. The first kappa shape index (κ1) is 10.3. The minimum absolute atomic E-state index is 0.419. The molecule has 20 heavy (non-hydrogen) atoms. The van der Waals surface area contributed by atoms with Gasteiger partial charge in [0, 0.05) is 12.1 Å². The highest BCUT2D eigenvalue weighted by Gasteiger charge is 2.24. The number of benzene rings is 1. The number of halogens is 2. The molecule has 0 unspecified atom stereocenters. The molecule has 0 fully saturated rings. The molecule has 0 heterocycles. The average molecular weight is 328 g/mol. The van der Waals surface area contributed by atoms with Crippen molar-refractivity contribution >= 4 is 34.8 Å². The second kappa shape index (κ2) is 7.39. The Morgan fingerprint density at radius 3 is 2.45 bits per heavy atom. The van der Waals surface area contributed by atoms with Gasteiger partial charge in [0.1, 0.15) is 6.08 Å². The van der Waals surface area contributed by atoms with Crippen molar-refractivity contribution < 1.29 is 26.8 Å². The van der Waals surface area contributed by atoms with Crippen LogP contribution in [0.5, 0.6) is 0 Å². The first-order valence-electron chi connectivity index (χ1n) is 7.44. The van der Waals surface area contributed by atoms with Crippen molar-refractivity contribution in [2.45, 2.75) is 16.9 Å². The van der Waals surface area contributed by atoms with Crippen LogP contribution in [0.25, 0.3) is 0 Å². The Balaban J connectivity index is 3.42. The summed E-state index contributed by atoms with van der Waals surface area (Å²) in [5, 5.41) is 32.0. The number of aliphatic hydroxyl groups is 2. The van der Waals surface area contributed by atoms with E-state index in [1.54, 1.807) is 0 Å². The molecule has 0 saturated heterocycles. The Morgan fingerprint density at radius 2 is 2.05 bits per heavy atom. The van der Waals surface area contributed by atoms with Crippen LogP contribution in [0.1, 0.15) is 18.5 Å². The minimum Gasteiger partial charge on any atom is -0.394 e. The van der Waals surface area contributed by atoms with Gasteiger partial charge in [0.25, 0.3) is 11.6 Å². The summed E-state index contributed by atoms with van der Waals surface area (Å²) in [6.45, 7) is -3.71. The molecule has 0 radical (unpaired) electrons. The molecule has 0 aromatic heterocycles. The van der Waals surface area contributed by atoms with Gasteiger partial charge in [-0.05, 0) is 17.7 Å². The van der Waals surface area contributed by atoms with E-state index in [1.165, 1.54) is 5.32 Å². The Bertz CT molecular complexity index is 677. The fraction of sp³-hybridized carbons (Fsp3) is 0.364. The molecule has 0 aliphatic carbocycles. The summed E-state index contributed by atoms with van der Waals surface area (Å²) in [4.78, 5) is 18.7. The van der Waals surface area contributed by atoms with Crippen molar-refractivity contribution in [3.8, 4) is 0 Å². The van der Waals surface area contributed by atoms with E-state index in [-0.39, 0.29) is 0 Å². The van der Waals surface area contributed by atoms with Crippen molar-refractivity contribution in [1.29, 1.82) is 0 Å². The zero-order valence-corrected chi connectivity index (χ0v) is 11.1. The molecule has 0 spiro atoms. The van der Waals surface area contributed by atoms with Crippen molar-refractivity contribution in [2.75, 3.05) is 6.56 Å². The summed E-state index contributed by atoms with van der Waals surface area (Å²) in [7, 11) is 0. The first-order valence-corrected chi connectivity index (χ1v) is 5.70. The SMILES string of the molecule is [2H]C(Cl)(Cl)C(=O)N[C@]([2H])(C([2H])([2H])O)[C@]([2H])(O)c1ccc([N+](=O)[O-])cc1. The third-order valence-electron chi connectivity index (χ3n) is 2.11. The topological polar surface area (TPSA) is 113 Å². The van der Waals surface area contributed by atoms with Crippen LogP contribution in [0.4, 0.5) is 5.69 Å². The Labute approximate surface area is 131 Å². The molecular weight excluding hydrogens is 311 g/mol. The van der Waals surface area contributed by atoms with Crippen LogP contribution >= 0.6 is 23.2 Å². The van der Waals surface area contributed by atoms with Gasteiger partial charge in [0.05, 0.1) is 24.4 Å². The molecule has 1 aromatic rings. The lowest BCUT2D eigenvalue weighted by Crippen LogP contribution is -2.44. The smallest absolute Gasteiger partial charge is 0.269 e. The predicted molar refractivity (Wildman–Crippen MR) is 72.6 cm³/mol. The van der Waals surface area contributed by atoms with E-state index < -0.39 is 45.6 Å². The van der Waals surface area contributed by atoms with E-state index >= 15 is 0 Å². The fourth-order valence-electron chi connectivity index (χ4n) is 1.19. The highest BCUT2D eigenvalue weighted by Crippen LogP contribution is 2.20. The number of nitro groups is 1. The van der Waals surface area contributed by atoms with E-state index in [1.807, 2.05) is 0 Å². The molecule has 9 heteroatoms. The van der Waals surface area contributed by atoms with Gasteiger partial charge in [-0.3, -0.25) is 14.9 Å². The van der Waals surface area contributed by atoms with Gasteiger partial charge in [0.2, 0.25) is 0 Å². The van der Waals surface area contributed by atoms with Crippen molar-refractivity contribution in [1.82, 2.24) is 5.32 Å². The molecule has 1 rings (SSSR count). The average Bonchev–Trinajstić information content (AvgIpc) is 2.44. The summed E-state index contributed by atoms with van der Waals surface area (Å²) < 4.78 is 37.5. The van der Waals surface area contributed by atoms with Crippen LogP contribution in [-0.4, -0.2) is 38.4 Å². The van der Waals surface area contributed by atoms with Gasteiger partial charge in [-0.1, -0.05) is 23.2 Å². The number of nitrogens with zero attached hydrogens (tertiary/aromatic N) is 1. The third kappa shape index (κ3) is 4.31. The zero-order valence-electron chi connectivity index (χ0n) is 14.6. The van der Waals surface area contributed by atoms with E-state index in [2.05, 4.69) is 0 Å². The molecule has 2 atom stereocenters. The molecular formula is C11H12Cl2N2O5. The Hall–Kier alpha value is -1.41. The van der Waals surface area contributed by atoms with Crippen LogP contribution < -0.4 is 5.32 Å². The summed E-state index contributed by atoms with van der Waals surface area (Å²) in [6, 6.07) is -0.101. The molecule has 7 nitrogen and oxygen atoms in total. The van der Waals surface area contributed by atoms with Crippen molar-refractivity contribution in [3.63, 3.8) is 0 Å². The lowest BCUT2D eigenvalue weighted by atomic mass is 10.0. The second-order valence-electron chi connectivity index (χ2n) is 3.35. The van der Waals surface area contributed by atoms with E-state index in [0.717, 1.165) is 24.3 Å². The molecule has 1 aromatic carbocycles. The maximum Gasteiger partial charge on any atom is 0.269 e. The molecule has 0 bridgehead atoms. The molecule has 0 saturated carbocycles. The molecule has 110 valence electrons. The normalized spacial score (nSPS) is 21.9. The number of nitrogens with one attached hydrogen (secondary N) is 1.